The summed E-state index contributed by atoms with van der Waals surface area (Å²) in [6.45, 7) is 3.52. The maximum atomic E-state index is 11.7. The number of anilines is 1. The van der Waals surface area contributed by atoms with Crippen molar-refractivity contribution in [2.75, 3.05) is 32.7 Å². The fraction of sp³-hybridized carbons (Fsp3) is 0.500. The van der Waals surface area contributed by atoms with Crippen molar-refractivity contribution in [1.82, 2.24) is 0 Å². The predicted octanol–water partition coefficient (Wildman–Crippen LogP) is 2.90. The zero-order chi connectivity index (χ0) is 15.0. The number of methoxy groups -OCH3 is 1. The van der Waals surface area contributed by atoms with Crippen LogP contribution < -0.4 is 10.5 Å². The minimum Gasteiger partial charge on any atom is -0.489 e. The summed E-state index contributed by atoms with van der Waals surface area (Å²) in [5.74, 6) is -0.270. The van der Waals surface area contributed by atoms with Crippen molar-refractivity contribution in [1.29, 1.82) is 0 Å². The SMILES string of the molecule is CCCCOCCOc1c(Cl)cc(N)cc1C(=O)OC. The Bertz CT molecular complexity index is 451. The van der Waals surface area contributed by atoms with Crippen LogP contribution in [0.3, 0.4) is 0 Å². The number of rotatable bonds is 8. The zero-order valence-corrected chi connectivity index (χ0v) is 12.5. The van der Waals surface area contributed by atoms with Crippen LogP contribution in [-0.2, 0) is 9.47 Å². The van der Waals surface area contributed by atoms with Crippen molar-refractivity contribution in [3.63, 3.8) is 0 Å². The standard InChI is InChI=1S/C14H20ClNO4/c1-3-4-5-19-6-7-20-13-11(14(17)18-2)8-10(16)9-12(13)15/h8-9H,3-7,16H2,1-2H3. The van der Waals surface area contributed by atoms with E-state index in [1.165, 1.54) is 19.2 Å². The molecule has 6 heteroatoms. The number of hydrogen-bond donors (Lipinski definition) is 1. The van der Waals surface area contributed by atoms with Gasteiger partial charge in [0, 0.05) is 12.3 Å². The molecule has 0 aromatic heterocycles. The molecule has 0 fully saturated rings. The molecule has 5 nitrogen and oxygen atoms in total. The Hall–Kier alpha value is -1.46. The summed E-state index contributed by atoms with van der Waals surface area (Å²) < 4.78 is 15.6. The molecule has 0 atom stereocenters. The van der Waals surface area contributed by atoms with Crippen LogP contribution in [0.4, 0.5) is 5.69 Å². The van der Waals surface area contributed by atoms with E-state index in [0.717, 1.165) is 12.8 Å². The lowest BCUT2D eigenvalue weighted by atomic mass is 10.2. The van der Waals surface area contributed by atoms with E-state index in [1.807, 2.05) is 0 Å². The number of nitrogens with two attached hydrogens (primary N) is 1. The number of carbonyl (C=O) groups is 1. The Morgan fingerprint density at radius 2 is 2.05 bits per heavy atom. The molecular formula is C14H20ClNO4. The zero-order valence-electron chi connectivity index (χ0n) is 11.8. The van der Waals surface area contributed by atoms with Crippen LogP contribution in [0.15, 0.2) is 12.1 Å². The predicted molar refractivity (Wildman–Crippen MR) is 78.4 cm³/mol. The van der Waals surface area contributed by atoms with E-state index in [9.17, 15) is 4.79 Å². The Labute approximate surface area is 123 Å². The molecule has 0 spiro atoms. The summed E-state index contributed by atoms with van der Waals surface area (Å²) in [5.41, 5.74) is 6.25. The first-order valence-corrected chi connectivity index (χ1v) is 6.85. The van der Waals surface area contributed by atoms with Crippen LogP contribution in [0.1, 0.15) is 30.1 Å². The second kappa shape index (κ2) is 8.66. The average Bonchev–Trinajstić information content (AvgIpc) is 2.43. The van der Waals surface area contributed by atoms with Crippen LogP contribution in [0.25, 0.3) is 0 Å². The number of nitrogen functional groups attached to an aromatic ring is 1. The third-order valence-electron chi connectivity index (χ3n) is 2.59. The van der Waals surface area contributed by atoms with E-state index < -0.39 is 5.97 Å². The van der Waals surface area contributed by atoms with Crippen molar-refractivity contribution in [3.8, 4) is 5.75 Å². The van der Waals surface area contributed by atoms with E-state index in [1.54, 1.807) is 0 Å². The molecule has 1 aromatic rings. The lowest BCUT2D eigenvalue weighted by molar-refractivity contribution is 0.0590. The maximum absolute atomic E-state index is 11.7. The maximum Gasteiger partial charge on any atom is 0.341 e. The quantitative estimate of drug-likeness (QED) is 0.454. The molecule has 0 amide bonds. The number of ether oxygens (including phenoxy) is 3. The van der Waals surface area contributed by atoms with Gasteiger partial charge in [-0.25, -0.2) is 4.79 Å². The largest absolute Gasteiger partial charge is 0.489 e. The Morgan fingerprint density at radius 1 is 1.30 bits per heavy atom. The molecule has 1 rings (SSSR count). The summed E-state index contributed by atoms with van der Waals surface area (Å²) in [5, 5.41) is 0.277. The van der Waals surface area contributed by atoms with Crippen molar-refractivity contribution >= 4 is 23.3 Å². The van der Waals surface area contributed by atoms with Crippen molar-refractivity contribution in [2.45, 2.75) is 19.8 Å². The van der Waals surface area contributed by atoms with Gasteiger partial charge in [-0.1, -0.05) is 24.9 Å². The van der Waals surface area contributed by atoms with E-state index >= 15 is 0 Å². The first-order valence-electron chi connectivity index (χ1n) is 6.48. The highest BCUT2D eigenvalue weighted by molar-refractivity contribution is 6.33. The number of unbranched alkanes of at least 4 members (excludes halogenated alkanes) is 1. The van der Waals surface area contributed by atoms with Crippen LogP contribution >= 0.6 is 11.6 Å². The topological polar surface area (TPSA) is 70.8 Å². The van der Waals surface area contributed by atoms with E-state index in [-0.39, 0.29) is 16.3 Å². The van der Waals surface area contributed by atoms with Gasteiger partial charge in [-0.3, -0.25) is 0 Å². The smallest absolute Gasteiger partial charge is 0.341 e. The van der Waals surface area contributed by atoms with Crippen molar-refractivity contribution < 1.29 is 19.0 Å². The molecule has 0 bridgehead atoms. The molecule has 0 aliphatic carbocycles. The molecule has 0 unspecified atom stereocenters. The van der Waals surface area contributed by atoms with Crippen molar-refractivity contribution in [3.05, 3.63) is 22.7 Å². The van der Waals surface area contributed by atoms with E-state index in [2.05, 4.69) is 11.7 Å². The first-order chi connectivity index (χ1) is 9.60. The van der Waals surface area contributed by atoms with Crippen LogP contribution in [0, 0.1) is 0 Å². The van der Waals surface area contributed by atoms with E-state index in [4.69, 9.17) is 26.8 Å². The Morgan fingerprint density at radius 3 is 2.70 bits per heavy atom. The summed E-state index contributed by atoms with van der Waals surface area (Å²) in [4.78, 5) is 11.7. The van der Waals surface area contributed by atoms with Gasteiger partial charge < -0.3 is 19.9 Å². The van der Waals surface area contributed by atoms with Crippen molar-refractivity contribution in [2.24, 2.45) is 0 Å². The number of halogens is 1. The number of hydrogen-bond acceptors (Lipinski definition) is 5. The van der Waals surface area contributed by atoms with Crippen LogP contribution in [0.5, 0.6) is 5.75 Å². The molecule has 0 aliphatic rings. The summed E-state index contributed by atoms with van der Waals surface area (Å²) in [7, 11) is 1.29. The fourth-order valence-corrected chi connectivity index (χ4v) is 1.86. The molecule has 0 radical (unpaired) electrons. The van der Waals surface area contributed by atoms with Gasteiger partial charge in [0.25, 0.3) is 0 Å². The molecule has 0 aliphatic heterocycles. The summed E-state index contributed by atoms with van der Waals surface area (Å²) >= 11 is 6.04. The molecule has 2 N–H and O–H groups in total. The highest BCUT2D eigenvalue weighted by Crippen LogP contribution is 2.32. The van der Waals surface area contributed by atoms with Gasteiger partial charge in [-0.2, -0.15) is 0 Å². The second-order valence-corrected chi connectivity index (χ2v) is 4.59. The lowest BCUT2D eigenvalue weighted by Gasteiger charge is -2.13. The average molecular weight is 302 g/mol. The number of esters is 1. The minimum atomic E-state index is -0.541. The van der Waals surface area contributed by atoms with Gasteiger partial charge in [-0.05, 0) is 18.6 Å². The Balaban J connectivity index is 2.66. The summed E-state index contributed by atoms with van der Waals surface area (Å²) in [6, 6.07) is 3.01. The molecule has 1 aromatic carbocycles. The molecule has 0 saturated carbocycles. The van der Waals surface area contributed by atoms with Gasteiger partial charge in [-0.15, -0.1) is 0 Å². The Kier molecular flexibility index (Phi) is 7.18. The van der Waals surface area contributed by atoms with Gasteiger partial charge in [0.1, 0.15) is 12.2 Å². The molecule has 112 valence electrons. The lowest BCUT2D eigenvalue weighted by Crippen LogP contribution is -2.11. The third kappa shape index (κ3) is 4.90. The molecule has 0 saturated heterocycles. The van der Waals surface area contributed by atoms with E-state index in [0.29, 0.717) is 25.5 Å². The summed E-state index contributed by atoms with van der Waals surface area (Å²) in [6.07, 6.45) is 2.09. The molecule has 20 heavy (non-hydrogen) atoms. The molecular weight excluding hydrogens is 282 g/mol. The highest BCUT2D eigenvalue weighted by Gasteiger charge is 2.17. The minimum absolute atomic E-state index is 0.214. The normalized spacial score (nSPS) is 10.3. The third-order valence-corrected chi connectivity index (χ3v) is 2.87. The highest BCUT2D eigenvalue weighted by atomic mass is 35.5. The number of carbonyl (C=O) groups excluding carboxylic acids is 1. The van der Waals surface area contributed by atoms with Gasteiger partial charge in [0.2, 0.25) is 0 Å². The van der Waals surface area contributed by atoms with Gasteiger partial charge in [0.05, 0.1) is 18.7 Å². The second-order valence-electron chi connectivity index (χ2n) is 4.19. The fourth-order valence-electron chi connectivity index (χ4n) is 1.57. The monoisotopic (exact) mass is 301 g/mol. The molecule has 0 heterocycles. The first kappa shape index (κ1) is 16.6. The van der Waals surface area contributed by atoms with Gasteiger partial charge >= 0.3 is 5.97 Å². The van der Waals surface area contributed by atoms with Crippen LogP contribution in [-0.4, -0.2) is 32.9 Å². The number of benzene rings is 1. The van der Waals surface area contributed by atoms with Gasteiger partial charge in [0.15, 0.2) is 5.75 Å². The van der Waals surface area contributed by atoms with Crippen LogP contribution in [0.2, 0.25) is 5.02 Å².